The number of likely N-dealkylation sites (N-methyl/N-ethyl adjacent to an activating group) is 1. The van der Waals surface area contributed by atoms with Crippen LogP contribution in [0.15, 0.2) is 24.3 Å². The number of carbonyl (C=O) groups excluding carboxylic acids is 1. The van der Waals surface area contributed by atoms with Crippen molar-refractivity contribution in [3.8, 4) is 0 Å². The van der Waals surface area contributed by atoms with Gasteiger partial charge < -0.3 is 4.90 Å². The Hall–Kier alpha value is -1.63. The normalized spacial score (nSPS) is 12.8. The molecule has 7 heteroatoms. The topological polar surface area (TPSA) is 57.7 Å². The molecule has 0 N–H and O–H groups in total. The zero-order valence-electron chi connectivity index (χ0n) is 12.0. The van der Waals surface area contributed by atoms with Gasteiger partial charge >= 0.3 is 0 Å². The molecule has 0 aliphatic carbocycles. The Balaban J connectivity index is 3.41. The van der Waals surface area contributed by atoms with Gasteiger partial charge in [0.1, 0.15) is 11.9 Å². The average molecular weight is 302 g/mol. The molecule has 0 spiro atoms. The fourth-order valence-electron chi connectivity index (χ4n) is 1.95. The molecule has 1 aromatic carbocycles. The number of carbonyl (C=O) groups is 1. The highest BCUT2D eigenvalue weighted by atomic mass is 32.2. The summed E-state index contributed by atoms with van der Waals surface area (Å²) in [7, 11) is -0.715. The van der Waals surface area contributed by atoms with E-state index < -0.39 is 21.9 Å². The van der Waals surface area contributed by atoms with Gasteiger partial charge in [0.2, 0.25) is 15.9 Å². The third-order valence-corrected chi connectivity index (χ3v) is 4.01. The number of halogens is 1. The maximum Gasteiger partial charge on any atom is 0.245 e. The number of amides is 1. The third kappa shape index (κ3) is 3.47. The van der Waals surface area contributed by atoms with Crippen LogP contribution in [0.2, 0.25) is 0 Å². The molecule has 0 heterocycles. The summed E-state index contributed by atoms with van der Waals surface area (Å²) in [4.78, 5) is 13.4. The fourth-order valence-corrected chi connectivity index (χ4v) is 3.15. The predicted molar refractivity (Wildman–Crippen MR) is 76.5 cm³/mol. The van der Waals surface area contributed by atoms with Crippen molar-refractivity contribution >= 4 is 21.6 Å². The highest BCUT2D eigenvalue weighted by molar-refractivity contribution is 7.92. The largest absolute Gasteiger partial charge is 0.347 e. The number of hydrogen-bond acceptors (Lipinski definition) is 3. The van der Waals surface area contributed by atoms with Crippen LogP contribution >= 0.6 is 0 Å². The maximum atomic E-state index is 13.9. The predicted octanol–water partition coefficient (Wildman–Crippen LogP) is 1.46. The Kier molecular flexibility index (Phi) is 5.10. The summed E-state index contributed by atoms with van der Waals surface area (Å²) in [6, 6.07) is 4.55. The van der Waals surface area contributed by atoms with Crippen molar-refractivity contribution in [3.05, 3.63) is 30.1 Å². The smallest absolute Gasteiger partial charge is 0.245 e. The number of rotatable bonds is 5. The summed E-state index contributed by atoms with van der Waals surface area (Å²) in [5.41, 5.74) is -0.114. The molecule has 0 bridgehead atoms. The molecule has 0 saturated heterocycles. The van der Waals surface area contributed by atoms with Crippen molar-refractivity contribution < 1.29 is 17.6 Å². The molecule has 0 radical (unpaired) electrons. The molecule has 0 aliphatic heterocycles. The Morgan fingerprint density at radius 3 is 2.25 bits per heavy atom. The van der Waals surface area contributed by atoms with Crippen LogP contribution in [0.25, 0.3) is 0 Å². The number of benzene rings is 1. The number of sulfonamides is 1. The second-order valence-electron chi connectivity index (χ2n) is 4.67. The van der Waals surface area contributed by atoms with E-state index >= 15 is 0 Å². The van der Waals surface area contributed by atoms with E-state index in [4.69, 9.17) is 0 Å². The fraction of sp³-hybridized carbons (Fsp3) is 0.462. The Morgan fingerprint density at radius 2 is 1.85 bits per heavy atom. The van der Waals surface area contributed by atoms with Crippen LogP contribution in [-0.4, -0.2) is 45.6 Å². The Bertz CT molecular complexity index is 587. The van der Waals surface area contributed by atoms with Gasteiger partial charge in [-0.15, -0.1) is 0 Å². The van der Waals surface area contributed by atoms with Crippen molar-refractivity contribution in [2.45, 2.75) is 19.4 Å². The first-order chi connectivity index (χ1) is 9.20. The lowest BCUT2D eigenvalue weighted by molar-refractivity contribution is -0.129. The van der Waals surface area contributed by atoms with Gasteiger partial charge in [0.05, 0.1) is 11.9 Å². The van der Waals surface area contributed by atoms with Crippen molar-refractivity contribution in [1.29, 1.82) is 0 Å². The molecule has 0 unspecified atom stereocenters. The van der Waals surface area contributed by atoms with Gasteiger partial charge in [-0.2, -0.15) is 0 Å². The molecule has 0 aromatic heterocycles. The maximum absolute atomic E-state index is 13.9. The quantitative estimate of drug-likeness (QED) is 0.827. The van der Waals surface area contributed by atoms with Crippen LogP contribution in [0, 0.1) is 5.82 Å². The van der Waals surface area contributed by atoms with E-state index in [1.807, 2.05) is 0 Å². The lowest BCUT2D eigenvalue weighted by Gasteiger charge is -2.31. The van der Waals surface area contributed by atoms with E-state index in [0.717, 1.165) is 10.6 Å². The molecular formula is C13H19FN2O3S. The summed E-state index contributed by atoms with van der Waals surface area (Å²) in [6.45, 7) is 1.69. The van der Waals surface area contributed by atoms with Gasteiger partial charge in [-0.25, -0.2) is 12.8 Å². The van der Waals surface area contributed by atoms with Crippen molar-refractivity contribution in [3.63, 3.8) is 0 Å². The lowest BCUT2D eigenvalue weighted by atomic mass is 10.2. The first kappa shape index (κ1) is 16.4. The second-order valence-corrected chi connectivity index (χ2v) is 6.53. The number of hydrogen-bond donors (Lipinski definition) is 0. The Morgan fingerprint density at radius 1 is 1.30 bits per heavy atom. The van der Waals surface area contributed by atoms with E-state index in [1.165, 1.54) is 43.3 Å². The first-order valence-corrected chi connectivity index (χ1v) is 8.00. The van der Waals surface area contributed by atoms with Crippen LogP contribution in [0.4, 0.5) is 10.1 Å². The average Bonchev–Trinajstić information content (AvgIpc) is 2.34. The van der Waals surface area contributed by atoms with Gasteiger partial charge in [0, 0.05) is 14.1 Å². The summed E-state index contributed by atoms with van der Waals surface area (Å²) < 4.78 is 38.8. The minimum Gasteiger partial charge on any atom is -0.347 e. The van der Waals surface area contributed by atoms with E-state index in [-0.39, 0.29) is 18.0 Å². The molecule has 1 aromatic rings. The Labute approximate surface area is 119 Å². The molecule has 0 saturated carbocycles. The third-order valence-electron chi connectivity index (χ3n) is 2.84. The SMILES string of the molecule is CC[C@H](C(=O)N(C)C)N(c1ccccc1F)S(C)(=O)=O. The first-order valence-electron chi connectivity index (χ1n) is 6.15. The van der Waals surface area contributed by atoms with Crippen LogP contribution in [0.5, 0.6) is 0 Å². The minimum absolute atomic E-state index is 0.114. The summed E-state index contributed by atoms with van der Waals surface area (Å²) in [6.07, 6.45) is 1.21. The van der Waals surface area contributed by atoms with Crippen LogP contribution in [-0.2, 0) is 14.8 Å². The van der Waals surface area contributed by atoms with E-state index in [2.05, 4.69) is 0 Å². The second kappa shape index (κ2) is 6.21. The minimum atomic E-state index is -3.78. The van der Waals surface area contributed by atoms with Gasteiger partial charge in [0.15, 0.2) is 0 Å². The molecule has 20 heavy (non-hydrogen) atoms. The van der Waals surface area contributed by atoms with Gasteiger partial charge in [-0.1, -0.05) is 19.1 Å². The molecule has 0 aliphatic rings. The van der Waals surface area contributed by atoms with Crippen LogP contribution in [0.1, 0.15) is 13.3 Å². The van der Waals surface area contributed by atoms with Crippen molar-refractivity contribution in [1.82, 2.24) is 4.90 Å². The number of anilines is 1. The van der Waals surface area contributed by atoms with Crippen LogP contribution in [0.3, 0.4) is 0 Å². The molecule has 0 fully saturated rings. The van der Waals surface area contributed by atoms with Crippen LogP contribution < -0.4 is 4.31 Å². The van der Waals surface area contributed by atoms with Crippen molar-refractivity contribution in [2.75, 3.05) is 24.7 Å². The zero-order chi connectivity index (χ0) is 15.5. The van der Waals surface area contributed by atoms with E-state index in [0.29, 0.717) is 0 Å². The van der Waals surface area contributed by atoms with Crippen molar-refractivity contribution in [2.24, 2.45) is 0 Å². The van der Waals surface area contributed by atoms with Gasteiger partial charge in [-0.3, -0.25) is 9.10 Å². The van der Waals surface area contributed by atoms with Gasteiger partial charge in [-0.05, 0) is 18.6 Å². The molecule has 1 atom stereocenters. The highest BCUT2D eigenvalue weighted by Gasteiger charge is 2.33. The summed E-state index contributed by atoms with van der Waals surface area (Å²) >= 11 is 0. The number of para-hydroxylation sites is 1. The lowest BCUT2D eigenvalue weighted by Crippen LogP contribution is -2.49. The van der Waals surface area contributed by atoms with Gasteiger partial charge in [0.25, 0.3) is 0 Å². The molecule has 1 rings (SSSR count). The molecule has 1 amide bonds. The summed E-state index contributed by atoms with van der Waals surface area (Å²) in [5.74, 6) is -1.07. The number of nitrogens with zero attached hydrogens (tertiary/aromatic N) is 2. The summed E-state index contributed by atoms with van der Waals surface area (Å²) in [5, 5.41) is 0. The molecule has 112 valence electrons. The standard InChI is InChI=1S/C13H19FN2O3S/c1-5-11(13(17)15(2)3)16(20(4,18)19)12-9-7-6-8-10(12)14/h6-9,11H,5H2,1-4H3/t11-/m1/s1. The molecule has 5 nitrogen and oxygen atoms in total. The highest BCUT2D eigenvalue weighted by Crippen LogP contribution is 2.25. The van der Waals surface area contributed by atoms with E-state index in [1.54, 1.807) is 6.92 Å². The monoisotopic (exact) mass is 302 g/mol. The zero-order valence-corrected chi connectivity index (χ0v) is 12.8. The van der Waals surface area contributed by atoms with E-state index in [9.17, 15) is 17.6 Å². The molecular weight excluding hydrogens is 283 g/mol.